The SMILES string of the molecule is CC(C)(C)NC(=O)CNC(=O)C1CCCCN1. The Hall–Kier alpha value is -1.10. The van der Waals surface area contributed by atoms with Crippen LogP contribution in [0.5, 0.6) is 0 Å². The minimum Gasteiger partial charge on any atom is -0.350 e. The van der Waals surface area contributed by atoms with Crippen LogP contribution in [0, 0.1) is 0 Å². The predicted molar refractivity (Wildman–Crippen MR) is 66.5 cm³/mol. The summed E-state index contributed by atoms with van der Waals surface area (Å²) in [6, 6.07) is -0.133. The summed E-state index contributed by atoms with van der Waals surface area (Å²) in [4.78, 5) is 23.2. The van der Waals surface area contributed by atoms with Crippen LogP contribution in [0.1, 0.15) is 40.0 Å². The molecule has 1 heterocycles. The van der Waals surface area contributed by atoms with Gasteiger partial charge in [0.1, 0.15) is 0 Å². The Balaban J connectivity index is 2.25. The summed E-state index contributed by atoms with van der Waals surface area (Å²) in [5.41, 5.74) is -0.259. The van der Waals surface area contributed by atoms with Gasteiger partial charge in [0.2, 0.25) is 11.8 Å². The van der Waals surface area contributed by atoms with Gasteiger partial charge in [-0.1, -0.05) is 6.42 Å². The van der Waals surface area contributed by atoms with E-state index in [0.29, 0.717) is 0 Å². The van der Waals surface area contributed by atoms with Gasteiger partial charge in [-0.2, -0.15) is 0 Å². The maximum Gasteiger partial charge on any atom is 0.239 e. The molecule has 0 radical (unpaired) electrons. The van der Waals surface area contributed by atoms with Gasteiger partial charge in [-0.3, -0.25) is 9.59 Å². The summed E-state index contributed by atoms with van der Waals surface area (Å²) in [5, 5.41) is 8.61. The molecule has 1 fully saturated rings. The van der Waals surface area contributed by atoms with Crippen molar-refractivity contribution in [3.63, 3.8) is 0 Å². The first kappa shape index (κ1) is 14.0. The molecular formula is C12H23N3O2. The van der Waals surface area contributed by atoms with E-state index in [1.54, 1.807) is 0 Å². The predicted octanol–water partition coefficient (Wildman–Crippen LogP) is 0.159. The molecule has 1 rings (SSSR count). The van der Waals surface area contributed by atoms with Crippen LogP contribution in [0.2, 0.25) is 0 Å². The van der Waals surface area contributed by atoms with Gasteiger partial charge < -0.3 is 16.0 Å². The molecule has 1 atom stereocenters. The third-order valence-corrected chi connectivity index (χ3v) is 2.56. The largest absolute Gasteiger partial charge is 0.350 e. The molecule has 0 bridgehead atoms. The molecule has 98 valence electrons. The fourth-order valence-electron chi connectivity index (χ4n) is 1.83. The first-order chi connectivity index (χ1) is 7.88. The Morgan fingerprint density at radius 1 is 1.29 bits per heavy atom. The van der Waals surface area contributed by atoms with Gasteiger partial charge in [0, 0.05) is 5.54 Å². The zero-order chi connectivity index (χ0) is 12.9. The number of hydrogen-bond acceptors (Lipinski definition) is 3. The molecule has 1 saturated heterocycles. The molecule has 1 unspecified atom stereocenters. The highest BCUT2D eigenvalue weighted by Gasteiger charge is 2.21. The molecule has 0 aromatic heterocycles. The van der Waals surface area contributed by atoms with E-state index in [0.717, 1.165) is 25.8 Å². The summed E-state index contributed by atoms with van der Waals surface area (Å²) < 4.78 is 0. The maximum atomic E-state index is 11.7. The van der Waals surface area contributed by atoms with Crippen molar-refractivity contribution in [1.82, 2.24) is 16.0 Å². The highest BCUT2D eigenvalue weighted by molar-refractivity contribution is 5.87. The third kappa shape index (κ3) is 5.68. The third-order valence-electron chi connectivity index (χ3n) is 2.56. The van der Waals surface area contributed by atoms with Gasteiger partial charge in [-0.15, -0.1) is 0 Å². The van der Waals surface area contributed by atoms with Crippen molar-refractivity contribution in [3.05, 3.63) is 0 Å². The van der Waals surface area contributed by atoms with Crippen molar-refractivity contribution >= 4 is 11.8 Å². The normalized spacial score (nSPS) is 20.8. The van der Waals surface area contributed by atoms with Crippen LogP contribution in [0.15, 0.2) is 0 Å². The van der Waals surface area contributed by atoms with E-state index in [9.17, 15) is 9.59 Å². The fraction of sp³-hybridized carbons (Fsp3) is 0.833. The number of nitrogens with one attached hydrogen (secondary N) is 3. The highest BCUT2D eigenvalue weighted by Crippen LogP contribution is 2.06. The van der Waals surface area contributed by atoms with Crippen LogP contribution in [-0.4, -0.2) is 36.5 Å². The maximum absolute atomic E-state index is 11.7. The summed E-state index contributed by atoms with van der Waals surface area (Å²) >= 11 is 0. The number of carbonyl (C=O) groups is 2. The highest BCUT2D eigenvalue weighted by atomic mass is 16.2. The van der Waals surface area contributed by atoms with Crippen LogP contribution >= 0.6 is 0 Å². The Kier molecular flexibility index (Phi) is 4.93. The van der Waals surface area contributed by atoms with Crippen molar-refractivity contribution in [2.45, 2.75) is 51.6 Å². The van der Waals surface area contributed by atoms with Gasteiger partial charge in [-0.25, -0.2) is 0 Å². The average molecular weight is 241 g/mol. The number of hydrogen-bond donors (Lipinski definition) is 3. The lowest BCUT2D eigenvalue weighted by Crippen LogP contribution is -2.51. The van der Waals surface area contributed by atoms with Crippen LogP contribution in [0.3, 0.4) is 0 Å². The molecule has 0 aromatic rings. The fourth-order valence-corrected chi connectivity index (χ4v) is 1.83. The number of carbonyl (C=O) groups excluding carboxylic acids is 2. The van der Waals surface area contributed by atoms with Gasteiger partial charge >= 0.3 is 0 Å². The monoisotopic (exact) mass is 241 g/mol. The number of piperidine rings is 1. The van der Waals surface area contributed by atoms with Gasteiger partial charge in [0.05, 0.1) is 12.6 Å². The first-order valence-corrected chi connectivity index (χ1v) is 6.20. The standard InChI is InChI=1S/C12H23N3O2/c1-12(2,3)15-10(16)8-14-11(17)9-6-4-5-7-13-9/h9,13H,4-8H2,1-3H3,(H,14,17)(H,15,16). The van der Waals surface area contributed by atoms with Crippen LogP contribution in [0.25, 0.3) is 0 Å². The number of amides is 2. The zero-order valence-corrected chi connectivity index (χ0v) is 10.9. The molecule has 1 aliphatic heterocycles. The average Bonchev–Trinajstić information content (AvgIpc) is 2.25. The Morgan fingerprint density at radius 3 is 2.53 bits per heavy atom. The van der Waals surface area contributed by atoms with E-state index >= 15 is 0 Å². The molecule has 17 heavy (non-hydrogen) atoms. The van der Waals surface area contributed by atoms with E-state index in [1.807, 2.05) is 20.8 Å². The van der Waals surface area contributed by atoms with Crippen molar-refractivity contribution in [1.29, 1.82) is 0 Å². The molecule has 0 spiro atoms. The Bertz CT molecular complexity index is 278. The van der Waals surface area contributed by atoms with Crippen molar-refractivity contribution in [3.8, 4) is 0 Å². The Labute approximate surface area is 103 Å². The second-order valence-electron chi connectivity index (χ2n) is 5.52. The van der Waals surface area contributed by atoms with E-state index in [-0.39, 0.29) is 29.9 Å². The molecule has 0 saturated carbocycles. The second kappa shape index (κ2) is 6.00. The first-order valence-electron chi connectivity index (χ1n) is 6.20. The summed E-state index contributed by atoms with van der Waals surface area (Å²) in [6.07, 6.45) is 3.04. The zero-order valence-electron chi connectivity index (χ0n) is 10.9. The van der Waals surface area contributed by atoms with Crippen molar-refractivity contribution in [2.75, 3.05) is 13.1 Å². The van der Waals surface area contributed by atoms with Crippen molar-refractivity contribution < 1.29 is 9.59 Å². The summed E-state index contributed by atoms with van der Waals surface area (Å²) in [6.45, 7) is 6.67. The smallest absolute Gasteiger partial charge is 0.239 e. The minimum atomic E-state index is -0.259. The topological polar surface area (TPSA) is 70.2 Å². The molecule has 3 N–H and O–H groups in total. The van der Waals surface area contributed by atoms with Gasteiger partial charge in [0.25, 0.3) is 0 Å². The molecule has 5 nitrogen and oxygen atoms in total. The van der Waals surface area contributed by atoms with E-state index in [2.05, 4.69) is 16.0 Å². The lowest BCUT2D eigenvalue weighted by molar-refractivity contribution is -0.128. The van der Waals surface area contributed by atoms with Crippen molar-refractivity contribution in [2.24, 2.45) is 0 Å². The molecule has 2 amide bonds. The quantitative estimate of drug-likeness (QED) is 0.659. The number of rotatable bonds is 3. The lowest BCUT2D eigenvalue weighted by atomic mass is 10.0. The van der Waals surface area contributed by atoms with E-state index in [1.165, 1.54) is 0 Å². The van der Waals surface area contributed by atoms with Crippen LogP contribution in [0.4, 0.5) is 0 Å². The molecule has 0 aliphatic carbocycles. The van der Waals surface area contributed by atoms with Gasteiger partial charge in [-0.05, 0) is 40.2 Å². The molecule has 0 aromatic carbocycles. The van der Waals surface area contributed by atoms with E-state index < -0.39 is 0 Å². The van der Waals surface area contributed by atoms with E-state index in [4.69, 9.17) is 0 Å². The summed E-state index contributed by atoms with van der Waals surface area (Å²) in [5.74, 6) is -0.226. The molecule has 1 aliphatic rings. The lowest BCUT2D eigenvalue weighted by Gasteiger charge is -2.23. The minimum absolute atomic E-state index is 0.0499. The van der Waals surface area contributed by atoms with Gasteiger partial charge in [0.15, 0.2) is 0 Å². The summed E-state index contributed by atoms with van der Waals surface area (Å²) in [7, 11) is 0. The van der Waals surface area contributed by atoms with Crippen LogP contribution < -0.4 is 16.0 Å². The van der Waals surface area contributed by atoms with Crippen LogP contribution in [-0.2, 0) is 9.59 Å². The molecular weight excluding hydrogens is 218 g/mol. The second-order valence-corrected chi connectivity index (χ2v) is 5.52. The molecule has 5 heteroatoms. The Morgan fingerprint density at radius 2 is 2.00 bits per heavy atom.